The van der Waals surface area contributed by atoms with Crippen molar-refractivity contribution in [2.24, 2.45) is 0 Å². The lowest BCUT2D eigenvalue weighted by Gasteiger charge is -2.15. The monoisotopic (exact) mass is 330 g/mol. The van der Waals surface area contributed by atoms with Crippen LogP contribution in [-0.2, 0) is 6.54 Å². The SMILES string of the molecule is Cc1ccc(NC[C@@H](O)Cn2c3ccccc3c3ccccc32)cc1. The standard InChI is InChI=1S/C22H22N2O/c1-16-10-12-17(13-11-16)23-14-18(25)15-24-21-8-4-2-6-19(21)20-7-3-5-9-22(20)24/h2-13,18,23,25H,14-15H2,1H3/t18-/m1/s1. The molecule has 0 radical (unpaired) electrons. The van der Waals surface area contributed by atoms with Gasteiger partial charge in [-0.15, -0.1) is 0 Å². The van der Waals surface area contributed by atoms with E-state index in [4.69, 9.17) is 0 Å². The van der Waals surface area contributed by atoms with Crippen LogP contribution in [0.3, 0.4) is 0 Å². The third-order valence-corrected chi connectivity index (χ3v) is 4.67. The third-order valence-electron chi connectivity index (χ3n) is 4.67. The van der Waals surface area contributed by atoms with Gasteiger partial charge in [-0.3, -0.25) is 0 Å². The minimum atomic E-state index is -0.472. The first kappa shape index (κ1) is 15.7. The van der Waals surface area contributed by atoms with Crippen molar-refractivity contribution in [2.75, 3.05) is 11.9 Å². The van der Waals surface area contributed by atoms with Gasteiger partial charge in [-0.05, 0) is 31.2 Å². The second-order valence-electron chi connectivity index (χ2n) is 6.55. The van der Waals surface area contributed by atoms with Crippen LogP contribution in [0.2, 0.25) is 0 Å². The van der Waals surface area contributed by atoms with Gasteiger partial charge in [0.1, 0.15) is 0 Å². The summed E-state index contributed by atoms with van der Waals surface area (Å²) >= 11 is 0. The lowest BCUT2D eigenvalue weighted by atomic mass is 10.2. The van der Waals surface area contributed by atoms with E-state index in [1.165, 1.54) is 16.3 Å². The summed E-state index contributed by atoms with van der Waals surface area (Å²) in [5, 5.41) is 16.4. The van der Waals surface area contributed by atoms with Crippen molar-refractivity contribution in [1.29, 1.82) is 0 Å². The van der Waals surface area contributed by atoms with Crippen molar-refractivity contribution in [3.05, 3.63) is 78.4 Å². The van der Waals surface area contributed by atoms with Gasteiger partial charge in [-0.2, -0.15) is 0 Å². The van der Waals surface area contributed by atoms with E-state index in [0.717, 1.165) is 16.7 Å². The molecule has 0 bridgehead atoms. The minimum absolute atomic E-state index is 0.472. The molecule has 4 aromatic rings. The van der Waals surface area contributed by atoms with Gasteiger partial charge in [-0.1, -0.05) is 54.1 Å². The molecule has 0 saturated carbocycles. The number of aryl methyl sites for hydroxylation is 1. The van der Waals surface area contributed by atoms with Crippen LogP contribution in [0.15, 0.2) is 72.8 Å². The smallest absolute Gasteiger partial charge is 0.0891 e. The van der Waals surface area contributed by atoms with Gasteiger partial charge in [0, 0.05) is 34.0 Å². The highest BCUT2D eigenvalue weighted by Crippen LogP contribution is 2.28. The highest BCUT2D eigenvalue weighted by atomic mass is 16.3. The fraction of sp³-hybridized carbons (Fsp3) is 0.182. The Morgan fingerprint density at radius 1 is 0.840 bits per heavy atom. The zero-order valence-corrected chi connectivity index (χ0v) is 14.3. The van der Waals surface area contributed by atoms with Crippen LogP contribution in [0.4, 0.5) is 5.69 Å². The topological polar surface area (TPSA) is 37.2 Å². The molecule has 0 unspecified atom stereocenters. The summed E-state index contributed by atoms with van der Waals surface area (Å²) in [6.07, 6.45) is -0.472. The molecule has 1 heterocycles. The number of aliphatic hydroxyl groups excluding tert-OH is 1. The van der Waals surface area contributed by atoms with Gasteiger partial charge >= 0.3 is 0 Å². The number of aliphatic hydroxyl groups is 1. The van der Waals surface area contributed by atoms with Gasteiger partial charge in [-0.25, -0.2) is 0 Å². The number of hydrogen-bond donors (Lipinski definition) is 2. The molecule has 0 aliphatic heterocycles. The van der Waals surface area contributed by atoms with Crippen molar-refractivity contribution >= 4 is 27.5 Å². The lowest BCUT2D eigenvalue weighted by molar-refractivity contribution is 0.169. The number of nitrogens with one attached hydrogen (secondary N) is 1. The average Bonchev–Trinajstić information content (AvgIpc) is 2.96. The molecule has 4 rings (SSSR count). The zero-order chi connectivity index (χ0) is 17.2. The maximum atomic E-state index is 10.6. The Bertz CT molecular complexity index is 948. The number of fused-ring (bicyclic) bond motifs is 3. The largest absolute Gasteiger partial charge is 0.389 e. The number of benzene rings is 3. The fourth-order valence-electron chi connectivity index (χ4n) is 3.38. The zero-order valence-electron chi connectivity index (χ0n) is 14.3. The molecule has 1 atom stereocenters. The molecular formula is C22H22N2O. The Balaban J connectivity index is 1.58. The summed E-state index contributed by atoms with van der Waals surface area (Å²) in [6, 6.07) is 25.0. The van der Waals surface area contributed by atoms with E-state index < -0.39 is 6.10 Å². The van der Waals surface area contributed by atoms with Crippen molar-refractivity contribution in [2.45, 2.75) is 19.6 Å². The number of nitrogens with zero attached hydrogens (tertiary/aromatic N) is 1. The maximum absolute atomic E-state index is 10.6. The minimum Gasteiger partial charge on any atom is -0.389 e. The summed E-state index contributed by atoms with van der Waals surface area (Å²) in [6.45, 7) is 3.15. The first-order chi connectivity index (χ1) is 12.2. The van der Waals surface area contributed by atoms with Crippen molar-refractivity contribution in [3.8, 4) is 0 Å². The highest BCUT2D eigenvalue weighted by molar-refractivity contribution is 6.07. The number of para-hydroxylation sites is 2. The van der Waals surface area contributed by atoms with Crippen molar-refractivity contribution in [1.82, 2.24) is 4.57 Å². The molecule has 0 spiro atoms. The maximum Gasteiger partial charge on any atom is 0.0891 e. The Labute approximate surface area is 147 Å². The molecular weight excluding hydrogens is 308 g/mol. The summed E-state index contributed by atoms with van der Waals surface area (Å²) < 4.78 is 2.21. The van der Waals surface area contributed by atoms with E-state index in [1.54, 1.807) is 0 Å². The molecule has 0 aliphatic rings. The molecule has 3 aromatic carbocycles. The van der Waals surface area contributed by atoms with E-state index in [2.05, 4.69) is 77.5 Å². The Morgan fingerprint density at radius 2 is 1.40 bits per heavy atom. The van der Waals surface area contributed by atoms with Gasteiger partial charge in [0.15, 0.2) is 0 Å². The highest BCUT2D eigenvalue weighted by Gasteiger charge is 2.13. The molecule has 0 fully saturated rings. The van der Waals surface area contributed by atoms with Crippen LogP contribution >= 0.6 is 0 Å². The van der Waals surface area contributed by atoms with Crippen LogP contribution in [0, 0.1) is 6.92 Å². The van der Waals surface area contributed by atoms with Crippen LogP contribution in [0.5, 0.6) is 0 Å². The van der Waals surface area contributed by atoms with E-state index in [-0.39, 0.29) is 0 Å². The first-order valence-corrected chi connectivity index (χ1v) is 8.67. The quantitative estimate of drug-likeness (QED) is 0.562. The molecule has 2 N–H and O–H groups in total. The Kier molecular flexibility index (Phi) is 4.16. The summed E-state index contributed by atoms with van der Waals surface area (Å²) in [7, 11) is 0. The second kappa shape index (κ2) is 6.61. The van der Waals surface area contributed by atoms with Crippen molar-refractivity contribution < 1.29 is 5.11 Å². The molecule has 3 heteroatoms. The van der Waals surface area contributed by atoms with Crippen LogP contribution in [0.1, 0.15) is 5.56 Å². The lowest BCUT2D eigenvalue weighted by Crippen LogP contribution is -2.24. The predicted molar refractivity (Wildman–Crippen MR) is 105 cm³/mol. The Morgan fingerprint density at radius 3 is 2.00 bits per heavy atom. The summed E-state index contributed by atoms with van der Waals surface area (Å²) in [5.74, 6) is 0. The molecule has 0 amide bonds. The summed E-state index contributed by atoms with van der Waals surface area (Å²) in [4.78, 5) is 0. The van der Waals surface area contributed by atoms with E-state index in [9.17, 15) is 5.11 Å². The number of anilines is 1. The van der Waals surface area contributed by atoms with Crippen LogP contribution < -0.4 is 5.32 Å². The van der Waals surface area contributed by atoms with E-state index >= 15 is 0 Å². The van der Waals surface area contributed by atoms with Gasteiger partial charge in [0.25, 0.3) is 0 Å². The van der Waals surface area contributed by atoms with Gasteiger partial charge < -0.3 is 15.0 Å². The molecule has 3 nitrogen and oxygen atoms in total. The van der Waals surface area contributed by atoms with E-state index in [0.29, 0.717) is 13.1 Å². The van der Waals surface area contributed by atoms with Crippen LogP contribution in [-0.4, -0.2) is 22.3 Å². The van der Waals surface area contributed by atoms with Crippen molar-refractivity contribution in [3.63, 3.8) is 0 Å². The molecule has 0 aliphatic carbocycles. The Hall–Kier alpha value is -2.78. The van der Waals surface area contributed by atoms with Gasteiger partial charge in [0.2, 0.25) is 0 Å². The fourth-order valence-corrected chi connectivity index (χ4v) is 3.38. The number of aromatic nitrogens is 1. The molecule has 25 heavy (non-hydrogen) atoms. The van der Waals surface area contributed by atoms with Crippen LogP contribution in [0.25, 0.3) is 21.8 Å². The second-order valence-corrected chi connectivity index (χ2v) is 6.55. The molecule has 0 saturated heterocycles. The summed E-state index contributed by atoms with van der Waals surface area (Å²) in [5.41, 5.74) is 4.60. The first-order valence-electron chi connectivity index (χ1n) is 8.67. The predicted octanol–water partition coefficient (Wildman–Crippen LogP) is 4.58. The average molecular weight is 330 g/mol. The number of hydrogen-bond acceptors (Lipinski definition) is 2. The van der Waals surface area contributed by atoms with Gasteiger partial charge in [0.05, 0.1) is 12.6 Å². The molecule has 1 aromatic heterocycles. The normalized spacial score (nSPS) is 12.6. The number of rotatable bonds is 5. The van der Waals surface area contributed by atoms with E-state index in [1.807, 2.05) is 12.1 Å². The third kappa shape index (κ3) is 3.11. The molecule has 126 valence electrons.